The zero-order valence-corrected chi connectivity index (χ0v) is 18.8. The van der Waals surface area contributed by atoms with Crippen LogP contribution in [0.4, 0.5) is 0 Å². The number of fused-ring (bicyclic) bond motifs is 1. The van der Waals surface area contributed by atoms with Gasteiger partial charge >= 0.3 is 0 Å². The van der Waals surface area contributed by atoms with Crippen LogP contribution in [0.5, 0.6) is 0 Å². The molecule has 3 aromatic rings. The highest BCUT2D eigenvalue weighted by Crippen LogP contribution is 2.22. The minimum absolute atomic E-state index is 0. The SMILES string of the molecule is O=C(CCn1ccc2cc(Cl)ccc21)N1CCC(S(=O)(=O)NCc2ccccc2)CC1.[HH]. The maximum absolute atomic E-state index is 12.7. The van der Waals surface area contributed by atoms with E-state index >= 15 is 0 Å². The lowest BCUT2D eigenvalue weighted by Gasteiger charge is -2.32. The van der Waals surface area contributed by atoms with Gasteiger partial charge in [0.05, 0.1) is 5.25 Å². The summed E-state index contributed by atoms with van der Waals surface area (Å²) in [5.74, 6) is 0.0592. The quantitative estimate of drug-likeness (QED) is 0.577. The fourth-order valence-electron chi connectivity index (χ4n) is 4.05. The number of amides is 1. The first-order valence-corrected chi connectivity index (χ1v) is 12.4. The lowest BCUT2D eigenvalue weighted by molar-refractivity contribution is -0.132. The van der Waals surface area contributed by atoms with Crippen LogP contribution in [-0.4, -0.2) is 42.1 Å². The monoisotopic (exact) mass is 461 g/mol. The van der Waals surface area contributed by atoms with Crippen LogP contribution < -0.4 is 4.72 Å². The summed E-state index contributed by atoms with van der Waals surface area (Å²) >= 11 is 6.03. The van der Waals surface area contributed by atoms with Gasteiger partial charge in [-0.15, -0.1) is 0 Å². The van der Waals surface area contributed by atoms with Crippen molar-refractivity contribution in [2.24, 2.45) is 0 Å². The van der Waals surface area contributed by atoms with Gasteiger partial charge in [-0.05, 0) is 42.7 Å². The number of halogens is 1. The summed E-state index contributed by atoms with van der Waals surface area (Å²) in [7, 11) is -3.41. The highest BCUT2D eigenvalue weighted by atomic mass is 35.5. The van der Waals surface area contributed by atoms with Crippen molar-refractivity contribution in [1.29, 1.82) is 0 Å². The number of carbonyl (C=O) groups excluding carboxylic acids is 1. The number of nitrogens with zero attached hydrogens (tertiary/aromatic N) is 2. The third-order valence-electron chi connectivity index (χ3n) is 5.85. The predicted molar refractivity (Wildman–Crippen MR) is 125 cm³/mol. The first-order valence-electron chi connectivity index (χ1n) is 10.5. The second-order valence-corrected chi connectivity index (χ2v) is 10.4. The van der Waals surface area contributed by atoms with E-state index in [9.17, 15) is 13.2 Å². The van der Waals surface area contributed by atoms with Crippen molar-refractivity contribution >= 4 is 38.4 Å². The van der Waals surface area contributed by atoms with Crippen LogP contribution >= 0.6 is 11.6 Å². The standard InChI is InChI=1S/C23H26ClN3O3S.H2/c24-20-6-7-22-19(16-20)8-12-26(22)15-11-23(28)27-13-9-21(10-14-27)31(29,30)25-17-18-4-2-1-3-5-18;/h1-8,12,16,21,25H,9-11,13-15,17H2;1H. The maximum Gasteiger partial charge on any atom is 0.224 e. The van der Waals surface area contributed by atoms with Crippen LogP contribution in [0.25, 0.3) is 10.9 Å². The lowest BCUT2D eigenvalue weighted by atomic mass is 10.1. The fraction of sp³-hybridized carbons (Fsp3) is 0.348. The molecule has 2 aromatic carbocycles. The van der Waals surface area contributed by atoms with Gasteiger partial charge in [0.1, 0.15) is 0 Å². The molecule has 0 spiro atoms. The van der Waals surface area contributed by atoms with E-state index < -0.39 is 15.3 Å². The van der Waals surface area contributed by atoms with Crippen molar-refractivity contribution in [2.75, 3.05) is 13.1 Å². The van der Waals surface area contributed by atoms with Crippen molar-refractivity contribution in [3.05, 3.63) is 71.4 Å². The van der Waals surface area contributed by atoms with Crippen LogP contribution in [-0.2, 0) is 27.9 Å². The Bertz CT molecular complexity index is 1160. The van der Waals surface area contributed by atoms with Crippen molar-refractivity contribution in [3.63, 3.8) is 0 Å². The van der Waals surface area contributed by atoms with Gasteiger partial charge in [0.15, 0.2) is 0 Å². The molecule has 1 amide bonds. The molecule has 8 heteroatoms. The average molecular weight is 462 g/mol. The second kappa shape index (κ2) is 9.42. The largest absolute Gasteiger partial charge is 0.347 e. The van der Waals surface area contributed by atoms with Gasteiger partial charge in [0.25, 0.3) is 0 Å². The topological polar surface area (TPSA) is 71.4 Å². The van der Waals surface area contributed by atoms with E-state index in [0.717, 1.165) is 16.5 Å². The third-order valence-corrected chi connectivity index (χ3v) is 7.98. The van der Waals surface area contributed by atoms with Crippen LogP contribution in [0.15, 0.2) is 60.8 Å². The second-order valence-electron chi connectivity index (χ2n) is 7.89. The highest BCUT2D eigenvalue weighted by Gasteiger charge is 2.31. The molecule has 0 radical (unpaired) electrons. The van der Waals surface area contributed by atoms with Gasteiger partial charge < -0.3 is 9.47 Å². The number of sulfonamides is 1. The number of aryl methyl sites for hydroxylation is 1. The summed E-state index contributed by atoms with van der Waals surface area (Å²) in [5, 5.41) is 1.28. The molecule has 1 aliphatic rings. The van der Waals surface area contributed by atoms with Crippen LogP contribution in [0.3, 0.4) is 0 Å². The lowest BCUT2D eigenvalue weighted by Crippen LogP contribution is -2.45. The number of rotatable bonds is 7. The number of hydrogen-bond donors (Lipinski definition) is 1. The number of piperidine rings is 1. The Morgan fingerprint density at radius 1 is 1.10 bits per heavy atom. The number of benzene rings is 2. The zero-order chi connectivity index (χ0) is 21.8. The summed E-state index contributed by atoms with van der Waals surface area (Å²) < 4.78 is 30.0. The molecule has 4 rings (SSSR count). The van der Waals surface area contributed by atoms with Gasteiger partial charge in [-0.25, -0.2) is 13.1 Å². The Morgan fingerprint density at radius 2 is 1.84 bits per heavy atom. The number of hydrogen-bond acceptors (Lipinski definition) is 3. The summed E-state index contributed by atoms with van der Waals surface area (Å²) in [6, 6.07) is 17.2. The zero-order valence-electron chi connectivity index (χ0n) is 17.2. The molecule has 2 heterocycles. The Hall–Kier alpha value is -2.35. The molecule has 0 unspecified atom stereocenters. The predicted octanol–water partition coefficient (Wildman–Crippen LogP) is 4.04. The molecule has 6 nitrogen and oxygen atoms in total. The summed E-state index contributed by atoms with van der Waals surface area (Å²) in [5.41, 5.74) is 1.98. The molecule has 0 bridgehead atoms. The Labute approximate surface area is 189 Å². The van der Waals surface area contributed by atoms with Gasteiger partial charge in [-0.2, -0.15) is 0 Å². The van der Waals surface area contributed by atoms with Crippen LogP contribution in [0, 0.1) is 0 Å². The third kappa shape index (κ3) is 5.29. The van der Waals surface area contributed by atoms with Gasteiger partial charge in [0.2, 0.25) is 15.9 Å². The molecule has 1 aliphatic heterocycles. The van der Waals surface area contributed by atoms with E-state index in [0.29, 0.717) is 50.5 Å². The molecule has 1 fully saturated rings. The van der Waals surface area contributed by atoms with E-state index in [4.69, 9.17) is 11.6 Å². The normalized spacial score (nSPS) is 15.5. The Balaban J connectivity index is 0.00000289. The molecule has 0 atom stereocenters. The van der Waals surface area contributed by atoms with Crippen LogP contribution in [0.2, 0.25) is 5.02 Å². The molecular formula is C23H28ClN3O3S. The smallest absolute Gasteiger partial charge is 0.224 e. The molecular weight excluding hydrogens is 434 g/mol. The molecule has 31 heavy (non-hydrogen) atoms. The van der Waals surface area contributed by atoms with E-state index in [1.165, 1.54) is 0 Å². The number of aromatic nitrogens is 1. The van der Waals surface area contributed by atoms with Gasteiger partial charge in [-0.3, -0.25) is 4.79 Å². The van der Waals surface area contributed by atoms with Gasteiger partial charge in [-0.1, -0.05) is 41.9 Å². The van der Waals surface area contributed by atoms with E-state index in [2.05, 4.69) is 4.72 Å². The fourth-order valence-corrected chi connectivity index (χ4v) is 5.67. The van der Waals surface area contributed by atoms with E-state index in [-0.39, 0.29) is 7.33 Å². The number of likely N-dealkylation sites (tertiary alicyclic amines) is 1. The maximum atomic E-state index is 12.7. The first-order chi connectivity index (χ1) is 14.9. The Kier molecular flexibility index (Phi) is 6.65. The molecule has 1 N–H and O–H groups in total. The first kappa shape index (κ1) is 21.9. The van der Waals surface area contributed by atoms with Crippen molar-refractivity contribution in [3.8, 4) is 0 Å². The number of nitrogens with one attached hydrogen (secondary N) is 1. The van der Waals surface area contributed by atoms with Crippen LogP contribution in [0.1, 0.15) is 26.3 Å². The minimum atomic E-state index is -3.41. The summed E-state index contributed by atoms with van der Waals surface area (Å²) in [6.07, 6.45) is 3.27. The van der Waals surface area contributed by atoms with Crippen molar-refractivity contribution < 1.29 is 14.6 Å². The van der Waals surface area contributed by atoms with E-state index in [1.54, 1.807) is 4.90 Å². The van der Waals surface area contributed by atoms with Gasteiger partial charge in [0, 0.05) is 56.1 Å². The molecule has 166 valence electrons. The minimum Gasteiger partial charge on any atom is -0.347 e. The molecule has 0 saturated carbocycles. The van der Waals surface area contributed by atoms with Crippen molar-refractivity contribution in [1.82, 2.24) is 14.2 Å². The van der Waals surface area contributed by atoms with Crippen molar-refractivity contribution in [2.45, 2.75) is 37.6 Å². The average Bonchev–Trinajstić information content (AvgIpc) is 3.19. The molecule has 1 aromatic heterocycles. The number of carbonyl (C=O) groups is 1. The highest BCUT2D eigenvalue weighted by molar-refractivity contribution is 7.90. The summed E-state index contributed by atoms with van der Waals surface area (Å²) in [6.45, 7) is 1.81. The summed E-state index contributed by atoms with van der Waals surface area (Å²) in [4.78, 5) is 14.5. The Morgan fingerprint density at radius 3 is 2.58 bits per heavy atom. The van der Waals surface area contributed by atoms with E-state index in [1.807, 2.05) is 65.4 Å². The molecule has 1 saturated heterocycles. The molecule has 0 aliphatic carbocycles.